The van der Waals surface area contributed by atoms with Crippen LogP contribution < -0.4 is 10.6 Å². The Bertz CT molecular complexity index is 1250. The first kappa shape index (κ1) is 20.0. The molecule has 0 unspecified atom stereocenters. The van der Waals surface area contributed by atoms with Crippen LogP contribution in [0.2, 0.25) is 0 Å². The van der Waals surface area contributed by atoms with E-state index in [0.29, 0.717) is 22.6 Å². The molecule has 154 valence electrons. The molecule has 0 atom stereocenters. The minimum Gasteiger partial charge on any atom is -0.465 e. The summed E-state index contributed by atoms with van der Waals surface area (Å²) in [7, 11) is 2.95. The minimum absolute atomic E-state index is 0.139. The Morgan fingerprint density at radius 1 is 0.806 bits per heavy atom. The summed E-state index contributed by atoms with van der Waals surface area (Å²) in [5.74, 6) is 0.0852. The van der Waals surface area contributed by atoms with Crippen molar-refractivity contribution in [2.24, 2.45) is 0 Å². The van der Waals surface area contributed by atoms with Crippen molar-refractivity contribution >= 4 is 34.2 Å². The van der Waals surface area contributed by atoms with Crippen LogP contribution in [0.25, 0.3) is 22.0 Å². The van der Waals surface area contributed by atoms with E-state index >= 15 is 0 Å². The van der Waals surface area contributed by atoms with Crippen molar-refractivity contribution in [3.8, 4) is 11.3 Å². The summed E-state index contributed by atoms with van der Waals surface area (Å²) in [6.07, 6.45) is 0. The average Bonchev–Trinajstić information content (AvgIpc) is 2.84. The molecule has 2 N–H and O–H groups in total. The van der Waals surface area contributed by atoms with Crippen LogP contribution in [-0.2, 0) is 4.74 Å². The van der Waals surface area contributed by atoms with Crippen LogP contribution in [0.15, 0.2) is 72.8 Å². The number of nitrogens with one attached hydrogen (secondary N) is 2. The summed E-state index contributed by atoms with van der Waals surface area (Å²) in [5, 5.41) is 16.5. The lowest BCUT2D eigenvalue weighted by Gasteiger charge is -2.12. The highest BCUT2D eigenvalue weighted by atomic mass is 16.5. The Morgan fingerprint density at radius 2 is 1.45 bits per heavy atom. The molecule has 7 heteroatoms. The third kappa shape index (κ3) is 4.06. The fourth-order valence-electron chi connectivity index (χ4n) is 3.28. The Morgan fingerprint density at radius 3 is 2.10 bits per heavy atom. The molecule has 0 saturated carbocycles. The number of nitrogens with zero attached hydrogens (tertiary/aromatic N) is 2. The van der Waals surface area contributed by atoms with Crippen LogP contribution in [0, 0.1) is 0 Å². The summed E-state index contributed by atoms with van der Waals surface area (Å²) >= 11 is 0. The molecule has 3 aromatic carbocycles. The molecule has 7 nitrogen and oxygen atoms in total. The van der Waals surface area contributed by atoms with Gasteiger partial charge >= 0.3 is 5.97 Å². The molecule has 0 fully saturated rings. The van der Waals surface area contributed by atoms with Gasteiger partial charge in [-0.3, -0.25) is 4.79 Å². The van der Waals surface area contributed by atoms with E-state index in [1.54, 1.807) is 31.3 Å². The number of benzene rings is 3. The summed E-state index contributed by atoms with van der Waals surface area (Å²) in [6, 6.07) is 22.0. The van der Waals surface area contributed by atoms with Gasteiger partial charge in [0.05, 0.1) is 12.7 Å². The zero-order valence-corrected chi connectivity index (χ0v) is 17.0. The fraction of sp³-hybridized carbons (Fsp3) is 0.0833. The summed E-state index contributed by atoms with van der Waals surface area (Å²) < 4.78 is 4.75. The second-order valence-electron chi connectivity index (χ2n) is 6.79. The molecule has 0 aliphatic carbocycles. The van der Waals surface area contributed by atoms with Gasteiger partial charge in [-0.25, -0.2) is 4.79 Å². The zero-order chi connectivity index (χ0) is 21.8. The van der Waals surface area contributed by atoms with Gasteiger partial charge in [0.2, 0.25) is 0 Å². The van der Waals surface area contributed by atoms with Crippen LogP contribution in [0.4, 0.5) is 11.5 Å². The molecule has 1 heterocycles. The Kier molecular flexibility index (Phi) is 5.57. The first-order chi connectivity index (χ1) is 15.1. The van der Waals surface area contributed by atoms with Crippen molar-refractivity contribution < 1.29 is 14.3 Å². The fourth-order valence-corrected chi connectivity index (χ4v) is 3.28. The molecule has 0 aliphatic heterocycles. The van der Waals surface area contributed by atoms with E-state index in [1.807, 2.05) is 48.5 Å². The number of anilines is 2. The van der Waals surface area contributed by atoms with Crippen molar-refractivity contribution in [2.75, 3.05) is 19.5 Å². The monoisotopic (exact) mass is 412 g/mol. The number of amides is 1. The molecule has 0 spiro atoms. The van der Waals surface area contributed by atoms with E-state index in [0.717, 1.165) is 22.0 Å². The van der Waals surface area contributed by atoms with Gasteiger partial charge in [-0.05, 0) is 36.4 Å². The Labute approximate surface area is 179 Å². The number of aromatic nitrogens is 2. The van der Waals surface area contributed by atoms with E-state index in [4.69, 9.17) is 4.74 Å². The van der Waals surface area contributed by atoms with Crippen LogP contribution in [-0.4, -0.2) is 36.2 Å². The van der Waals surface area contributed by atoms with E-state index in [2.05, 4.69) is 20.8 Å². The van der Waals surface area contributed by atoms with E-state index in [1.165, 1.54) is 7.11 Å². The van der Waals surface area contributed by atoms with Gasteiger partial charge in [0, 0.05) is 34.6 Å². The van der Waals surface area contributed by atoms with Crippen LogP contribution in [0.1, 0.15) is 20.7 Å². The van der Waals surface area contributed by atoms with Crippen molar-refractivity contribution in [1.82, 2.24) is 15.5 Å². The van der Waals surface area contributed by atoms with Gasteiger partial charge in [0.1, 0.15) is 5.69 Å². The molecule has 1 amide bonds. The van der Waals surface area contributed by atoms with Gasteiger partial charge in [-0.15, -0.1) is 10.2 Å². The van der Waals surface area contributed by atoms with Crippen LogP contribution >= 0.6 is 0 Å². The molecule has 4 aromatic rings. The van der Waals surface area contributed by atoms with Crippen LogP contribution in [0.5, 0.6) is 0 Å². The lowest BCUT2D eigenvalue weighted by molar-refractivity contribution is 0.0600. The molecular weight excluding hydrogens is 392 g/mol. The zero-order valence-electron chi connectivity index (χ0n) is 17.0. The number of esters is 1. The van der Waals surface area contributed by atoms with Crippen molar-refractivity contribution in [3.63, 3.8) is 0 Å². The van der Waals surface area contributed by atoms with Gasteiger partial charge in [-0.2, -0.15) is 0 Å². The largest absolute Gasteiger partial charge is 0.465 e. The van der Waals surface area contributed by atoms with Gasteiger partial charge in [0.15, 0.2) is 5.82 Å². The predicted octanol–water partition coefficient (Wildman–Crippen LogP) is 4.19. The number of ether oxygens (including phenoxy) is 1. The van der Waals surface area contributed by atoms with Crippen molar-refractivity contribution in [3.05, 3.63) is 83.9 Å². The molecule has 0 radical (unpaired) electrons. The second-order valence-corrected chi connectivity index (χ2v) is 6.79. The molecule has 0 bridgehead atoms. The second kappa shape index (κ2) is 8.62. The van der Waals surface area contributed by atoms with Gasteiger partial charge < -0.3 is 15.4 Å². The van der Waals surface area contributed by atoms with Gasteiger partial charge in [-0.1, -0.05) is 36.4 Å². The maximum Gasteiger partial charge on any atom is 0.337 e. The van der Waals surface area contributed by atoms with E-state index < -0.39 is 0 Å². The highest BCUT2D eigenvalue weighted by molar-refractivity contribution is 6.01. The summed E-state index contributed by atoms with van der Waals surface area (Å²) in [6.45, 7) is 0. The normalized spacial score (nSPS) is 10.5. The minimum atomic E-state index is -0.385. The Balaban J connectivity index is 1.68. The predicted molar refractivity (Wildman–Crippen MR) is 119 cm³/mol. The standard InChI is InChI=1S/C24H20N4O3/c1-25-23(29)16-11-13-18(14-12-16)26-22-20-6-4-3-5-19(20)21(27-28-22)15-7-9-17(10-8-15)24(30)31-2/h3-14H,1-2H3,(H,25,29)(H,26,28). The van der Waals surface area contributed by atoms with E-state index in [-0.39, 0.29) is 11.9 Å². The molecule has 31 heavy (non-hydrogen) atoms. The quantitative estimate of drug-likeness (QED) is 0.478. The smallest absolute Gasteiger partial charge is 0.337 e. The summed E-state index contributed by atoms with van der Waals surface area (Å²) in [5.41, 5.74) is 3.41. The number of methoxy groups -OCH3 is 1. The highest BCUT2D eigenvalue weighted by Crippen LogP contribution is 2.31. The maximum absolute atomic E-state index is 11.7. The van der Waals surface area contributed by atoms with Gasteiger partial charge in [0.25, 0.3) is 5.91 Å². The first-order valence-corrected chi connectivity index (χ1v) is 9.64. The number of carbonyl (C=O) groups is 2. The van der Waals surface area contributed by atoms with Crippen LogP contribution in [0.3, 0.4) is 0 Å². The van der Waals surface area contributed by atoms with Crippen molar-refractivity contribution in [2.45, 2.75) is 0 Å². The topological polar surface area (TPSA) is 93.2 Å². The SMILES string of the molecule is CNC(=O)c1ccc(Nc2nnc(-c3ccc(C(=O)OC)cc3)c3ccccc23)cc1. The number of rotatable bonds is 5. The molecule has 4 rings (SSSR count). The summed E-state index contributed by atoms with van der Waals surface area (Å²) in [4.78, 5) is 23.4. The molecule has 0 saturated heterocycles. The number of carbonyl (C=O) groups excluding carboxylic acids is 2. The third-order valence-electron chi connectivity index (χ3n) is 4.90. The maximum atomic E-state index is 11.7. The van der Waals surface area contributed by atoms with Crippen molar-refractivity contribution in [1.29, 1.82) is 0 Å². The molecule has 1 aromatic heterocycles. The lowest BCUT2D eigenvalue weighted by atomic mass is 10.0. The first-order valence-electron chi connectivity index (χ1n) is 9.64. The number of hydrogen-bond donors (Lipinski definition) is 2. The third-order valence-corrected chi connectivity index (χ3v) is 4.90. The lowest BCUT2D eigenvalue weighted by Crippen LogP contribution is -2.17. The molecule has 0 aliphatic rings. The number of fused-ring (bicyclic) bond motifs is 1. The Hall–Kier alpha value is -4.26. The van der Waals surface area contributed by atoms with E-state index in [9.17, 15) is 9.59 Å². The molecular formula is C24H20N4O3. The average molecular weight is 412 g/mol. The number of hydrogen-bond acceptors (Lipinski definition) is 6. The highest BCUT2D eigenvalue weighted by Gasteiger charge is 2.13.